The van der Waals surface area contributed by atoms with Crippen LogP contribution in [0, 0.1) is 10.1 Å². The van der Waals surface area contributed by atoms with Crippen molar-refractivity contribution in [1.29, 1.82) is 0 Å². The van der Waals surface area contributed by atoms with Gasteiger partial charge in [-0.1, -0.05) is 5.21 Å². The molecular formula is C9H9ClN4O3. The molecule has 0 amide bonds. The first-order valence-corrected chi connectivity index (χ1v) is 5.27. The predicted octanol–water partition coefficient (Wildman–Crippen LogP) is 2.13. The van der Waals surface area contributed by atoms with Gasteiger partial charge in [0.1, 0.15) is 22.9 Å². The predicted molar refractivity (Wildman–Crippen MR) is 58.8 cm³/mol. The average molecular weight is 257 g/mol. The highest BCUT2D eigenvalue weighted by Gasteiger charge is 2.13. The highest BCUT2D eigenvalue weighted by molar-refractivity contribution is 6.20. The van der Waals surface area contributed by atoms with Gasteiger partial charge in [0.25, 0.3) is 0 Å². The number of hydrogen-bond donors (Lipinski definition) is 0. The number of rotatable bonds is 4. The van der Waals surface area contributed by atoms with E-state index in [1.165, 1.54) is 16.8 Å². The number of aromatic nitrogens is 3. The molecule has 0 bridgehead atoms. The van der Waals surface area contributed by atoms with Crippen molar-refractivity contribution >= 4 is 17.5 Å². The molecule has 8 heteroatoms. The van der Waals surface area contributed by atoms with E-state index in [1.54, 1.807) is 13.1 Å². The fourth-order valence-corrected chi connectivity index (χ4v) is 1.38. The molecule has 2 rings (SSSR count). The van der Waals surface area contributed by atoms with Crippen molar-refractivity contribution in [3.8, 4) is 0 Å². The third-order valence-corrected chi connectivity index (χ3v) is 2.33. The van der Waals surface area contributed by atoms with Crippen LogP contribution in [-0.2, 0) is 6.54 Å². The first-order chi connectivity index (χ1) is 8.06. The second-order valence-electron chi connectivity index (χ2n) is 3.45. The number of hydrogen-bond acceptors (Lipinski definition) is 5. The maximum absolute atomic E-state index is 10.4. The number of nitrogens with zero attached hydrogens (tertiary/aromatic N) is 4. The summed E-state index contributed by atoms with van der Waals surface area (Å²) in [6, 6.07) is 2.83. The highest BCUT2D eigenvalue weighted by atomic mass is 35.5. The second-order valence-corrected chi connectivity index (χ2v) is 4.11. The van der Waals surface area contributed by atoms with Crippen LogP contribution >= 0.6 is 11.6 Å². The number of halogens is 1. The molecule has 0 aromatic carbocycles. The molecule has 0 spiro atoms. The summed E-state index contributed by atoms with van der Waals surface area (Å²) in [5.41, 5.74) is 0.646. The van der Waals surface area contributed by atoms with Crippen molar-refractivity contribution in [1.82, 2.24) is 15.0 Å². The van der Waals surface area contributed by atoms with Crippen LogP contribution in [0.4, 0.5) is 5.88 Å². The van der Waals surface area contributed by atoms with Gasteiger partial charge in [-0.05, 0) is 13.0 Å². The molecule has 0 N–H and O–H groups in total. The summed E-state index contributed by atoms with van der Waals surface area (Å²) in [5, 5.41) is 17.9. The largest absolute Gasteiger partial charge is 0.433 e. The lowest BCUT2D eigenvalue weighted by Gasteiger charge is -1.95. The van der Waals surface area contributed by atoms with E-state index in [2.05, 4.69) is 10.3 Å². The average Bonchev–Trinajstić information content (AvgIpc) is 2.87. The van der Waals surface area contributed by atoms with Crippen LogP contribution in [0.3, 0.4) is 0 Å². The quantitative estimate of drug-likeness (QED) is 0.475. The second kappa shape index (κ2) is 4.54. The zero-order chi connectivity index (χ0) is 12.4. The molecule has 2 aromatic rings. The summed E-state index contributed by atoms with van der Waals surface area (Å²) < 4.78 is 6.51. The van der Waals surface area contributed by atoms with Crippen LogP contribution in [0.2, 0.25) is 0 Å². The Hall–Kier alpha value is -1.89. The van der Waals surface area contributed by atoms with Gasteiger partial charge in [0.05, 0.1) is 17.6 Å². The molecule has 17 heavy (non-hydrogen) atoms. The van der Waals surface area contributed by atoms with Gasteiger partial charge in [0, 0.05) is 0 Å². The minimum atomic E-state index is -0.586. The zero-order valence-electron chi connectivity index (χ0n) is 8.91. The van der Waals surface area contributed by atoms with Gasteiger partial charge in [-0.25, -0.2) is 4.68 Å². The van der Waals surface area contributed by atoms with Gasteiger partial charge in [-0.2, -0.15) is 0 Å². The Morgan fingerprint density at radius 3 is 2.94 bits per heavy atom. The fraction of sp³-hybridized carbons (Fsp3) is 0.333. The van der Waals surface area contributed by atoms with Gasteiger partial charge in [-0.15, -0.1) is 16.7 Å². The summed E-state index contributed by atoms with van der Waals surface area (Å²) in [6.45, 7) is 2.07. The number of alkyl halides is 1. The van der Waals surface area contributed by atoms with Gasteiger partial charge in [-0.3, -0.25) is 10.1 Å². The lowest BCUT2D eigenvalue weighted by molar-refractivity contribution is -0.402. The molecule has 2 aromatic heterocycles. The summed E-state index contributed by atoms with van der Waals surface area (Å²) >= 11 is 5.84. The molecule has 0 radical (unpaired) electrons. The molecule has 1 atom stereocenters. The van der Waals surface area contributed by atoms with E-state index in [0.29, 0.717) is 11.5 Å². The molecule has 0 saturated carbocycles. The topological polar surface area (TPSA) is 87.0 Å². The molecule has 0 aliphatic carbocycles. The van der Waals surface area contributed by atoms with E-state index in [1.807, 2.05) is 0 Å². The third-order valence-electron chi connectivity index (χ3n) is 2.11. The van der Waals surface area contributed by atoms with Crippen LogP contribution in [0.25, 0.3) is 0 Å². The minimum Gasteiger partial charge on any atom is -0.404 e. The van der Waals surface area contributed by atoms with E-state index >= 15 is 0 Å². The van der Waals surface area contributed by atoms with Crippen LogP contribution < -0.4 is 0 Å². The van der Waals surface area contributed by atoms with Crippen molar-refractivity contribution in [3.05, 3.63) is 39.9 Å². The van der Waals surface area contributed by atoms with E-state index in [9.17, 15) is 10.1 Å². The van der Waals surface area contributed by atoms with Gasteiger partial charge < -0.3 is 4.42 Å². The van der Waals surface area contributed by atoms with Gasteiger partial charge >= 0.3 is 5.88 Å². The summed E-state index contributed by atoms with van der Waals surface area (Å²) in [6.07, 6.45) is 1.67. The van der Waals surface area contributed by atoms with Crippen molar-refractivity contribution in [2.45, 2.75) is 18.8 Å². The molecule has 0 aliphatic heterocycles. The first-order valence-electron chi connectivity index (χ1n) is 4.83. The standard InChI is InChI=1S/C9H9ClN4O3/c1-6(10)8-5-13(12-11-8)4-7-2-3-9(17-7)14(15)16/h2-3,5-6H,4H2,1H3. The number of furan rings is 1. The van der Waals surface area contributed by atoms with Crippen molar-refractivity contribution in [2.75, 3.05) is 0 Å². The van der Waals surface area contributed by atoms with Crippen molar-refractivity contribution in [2.24, 2.45) is 0 Å². The van der Waals surface area contributed by atoms with E-state index < -0.39 is 4.92 Å². The summed E-state index contributed by atoms with van der Waals surface area (Å²) in [4.78, 5) is 9.83. The Labute approximate surface area is 101 Å². The van der Waals surface area contributed by atoms with Gasteiger partial charge in [0.15, 0.2) is 0 Å². The molecule has 90 valence electrons. The van der Waals surface area contributed by atoms with E-state index in [-0.39, 0.29) is 17.8 Å². The Balaban J connectivity index is 2.11. The molecule has 0 fully saturated rings. The van der Waals surface area contributed by atoms with Crippen LogP contribution in [-0.4, -0.2) is 19.9 Å². The Morgan fingerprint density at radius 2 is 2.41 bits per heavy atom. The molecule has 0 aliphatic rings. The van der Waals surface area contributed by atoms with Crippen molar-refractivity contribution in [3.63, 3.8) is 0 Å². The lowest BCUT2D eigenvalue weighted by Crippen LogP contribution is -1.99. The summed E-state index contributed by atoms with van der Waals surface area (Å²) in [7, 11) is 0. The lowest BCUT2D eigenvalue weighted by atomic mass is 10.4. The van der Waals surface area contributed by atoms with E-state index in [0.717, 1.165) is 0 Å². The molecule has 2 heterocycles. The van der Waals surface area contributed by atoms with Crippen LogP contribution in [0.15, 0.2) is 22.7 Å². The fourth-order valence-electron chi connectivity index (χ4n) is 1.28. The molecule has 1 unspecified atom stereocenters. The number of nitro groups is 1. The van der Waals surface area contributed by atoms with E-state index in [4.69, 9.17) is 16.0 Å². The van der Waals surface area contributed by atoms with Crippen LogP contribution in [0.1, 0.15) is 23.8 Å². The third kappa shape index (κ3) is 2.62. The Bertz CT molecular complexity index is 534. The Kier molecular flexibility index (Phi) is 3.10. The molecular weight excluding hydrogens is 248 g/mol. The maximum atomic E-state index is 10.4. The molecule has 0 saturated heterocycles. The van der Waals surface area contributed by atoms with Gasteiger partial charge in [0.2, 0.25) is 0 Å². The monoisotopic (exact) mass is 256 g/mol. The molecule has 7 nitrogen and oxygen atoms in total. The first kappa shape index (κ1) is 11.6. The summed E-state index contributed by atoms with van der Waals surface area (Å²) in [5.74, 6) is 0.154. The smallest absolute Gasteiger partial charge is 0.404 e. The highest BCUT2D eigenvalue weighted by Crippen LogP contribution is 2.18. The SMILES string of the molecule is CC(Cl)c1cn(Cc2ccc([N+](=O)[O-])o2)nn1. The van der Waals surface area contributed by atoms with Crippen LogP contribution in [0.5, 0.6) is 0 Å². The zero-order valence-corrected chi connectivity index (χ0v) is 9.66. The normalized spacial score (nSPS) is 12.6. The minimum absolute atomic E-state index is 0.227. The van der Waals surface area contributed by atoms with Crippen molar-refractivity contribution < 1.29 is 9.34 Å². The Morgan fingerprint density at radius 1 is 1.65 bits per heavy atom. The maximum Gasteiger partial charge on any atom is 0.433 e.